The Morgan fingerprint density at radius 2 is 1.95 bits per heavy atom. The highest BCUT2D eigenvalue weighted by Gasteiger charge is 2.34. The molecule has 2 unspecified atom stereocenters. The molecule has 1 heterocycles. The van der Waals surface area contributed by atoms with Crippen molar-refractivity contribution in [3.8, 4) is 0 Å². The molecule has 2 N–H and O–H groups in total. The lowest BCUT2D eigenvalue weighted by Gasteiger charge is -2.36. The molecular weight excluding hydrogens is 296 g/mol. The van der Waals surface area contributed by atoms with Gasteiger partial charge < -0.3 is 5.73 Å². The van der Waals surface area contributed by atoms with Gasteiger partial charge >= 0.3 is 0 Å². The lowest BCUT2D eigenvalue weighted by molar-refractivity contribution is 0.227. The topological polar surface area (TPSA) is 63.4 Å². The number of nitrogens with two attached hydrogens (primary N) is 1. The number of sulfonamides is 1. The van der Waals surface area contributed by atoms with E-state index >= 15 is 0 Å². The molecule has 0 bridgehead atoms. The third-order valence-corrected chi connectivity index (χ3v) is 5.52. The van der Waals surface area contributed by atoms with E-state index in [1.165, 1.54) is 0 Å². The number of hydrogen-bond acceptors (Lipinski definition) is 3. The first kappa shape index (κ1) is 17.4. The third-order valence-electron chi connectivity index (χ3n) is 3.65. The molecule has 1 aliphatic rings. The van der Waals surface area contributed by atoms with Crippen LogP contribution >= 0.6 is 12.4 Å². The molecule has 1 aromatic carbocycles. The standard InChI is InChI=1S/C14H22N2O2S.ClH/c1-12(15)14-9-5-6-10-16(14)19(17,18)11-13-7-3-2-4-8-13;/h2-4,7-8,12,14H,5-6,9-11,15H2,1H3;1H. The quantitative estimate of drug-likeness (QED) is 0.925. The third kappa shape index (κ3) is 4.19. The van der Waals surface area contributed by atoms with Crippen molar-refractivity contribution in [3.05, 3.63) is 35.9 Å². The van der Waals surface area contributed by atoms with Gasteiger partial charge in [-0.3, -0.25) is 0 Å². The fourth-order valence-corrected chi connectivity index (χ4v) is 4.57. The molecule has 1 saturated heterocycles. The fourth-order valence-electron chi connectivity index (χ4n) is 2.67. The van der Waals surface area contributed by atoms with E-state index in [1.807, 2.05) is 37.3 Å². The summed E-state index contributed by atoms with van der Waals surface area (Å²) in [5.41, 5.74) is 6.77. The van der Waals surface area contributed by atoms with Gasteiger partial charge in [0.1, 0.15) is 0 Å². The Balaban J connectivity index is 0.00000200. The van der Waals surface area contributed by atoms with Crippen LogP contribution in [0.15, 0.2) is 30.3 Å². The lowest BCUT2D eigenvalue weighted by Crippen LogP contribution is -2.51. The van der Waals surface area contributed by atoms with Gasteiger partial charge in [0.25, 0.3) is 0 Å². The van der Waals surface area contributed by atoms with Gasteiger partial charge in [-0.25, -0.2) is 8.42 Å². The zero-order valence-electron chi connectivity index (χ0n) is 11.7. The first-order chi connectivity index (χ1) is 9.00. The van der Waals surface area contributed by atoms with Gasteiger partial charge in [0.2, 0.25) is 10.0 Å². The van der Waals surface area contributed by atoms with E-state index < -0.39 is 10.0 Å². The predicted octanol–water partition coefficient (Wildman–Crippen LogP) is 2.14. The van der Waals surface area contributed by atoms with Crippen molar-refractivity contribution in [1.82, 2.24) is 4.31 Å². The second-order valence-corrected chi connectivity index (χ2v) is 7.20. The van der Waals surface area contributed by atoms with Crippen LogP contribution in [0.4, 0.5) is 0 Å². The Kier molecular flexibility index (Phi) is 6.45. The van der Waals surface area contributed by atoms with Crippen molar-refractivity contribution in [2.75, 3.05) is 6.54 Å². The molecule has 6 heteroatoms. The van der Waals surface area contributed by atoms with Crippen molar-refractivity contribution in [1.29, 1.82) is 0 Å². The van der Waals surface area contributed by atoms with E-state index in [1.54, 1.807) is 4.31 Å². The van der Waals surface area contributed by atoms with Gasteiger partial charge in [0.05, 0.1) is 5.75 Å². The molecule has 1 aromatic rings. The fraction of sp³-hybridized carbons (Fsp3) is 0.571. The monoisotopic (exact) mass is 318 g/mol. The minimum atomic E-state index is -3.28. The molecule has 20 heavy (non-hydrogen) atoms. The van der Waals surface area contributed by atoms with E-state index in [2.05, 4.69) is 0 Å². The number of rotatable bonds is 4. The molecule has 2 rings (SSSR count). The molecule has 114 valence electrons. The normalized spacial score (nSPS) is 22.0. The van der Waals surface area contributed by atoms with E-state index in [-0.39, 0.29) is 30.2 Å². The first-order valence-corrected chi connectivity index (χ1v) is 8.40. The van der Waals surface area contributed by atoms with Crippen molar-refractivity contribution in [2.45, 2.75) is 44.0 Å². The summed E-state index contributed by atoms with van der Waals surface area (Å²) in [5, 5.41) is 0. The van der Waals surface area contributed by atoms with Gasteiger partial charge in [-0.05, 0) is 25.3 Å². The maximum Gasteiger partial charge on any atom is 0.218 e. The number of hydrogen-bond donors (Lipinski definition) is 1. The summed E-state index contributed by atoms with van der Waals surface area (Å²) in [6, 6.07) is 9.15. The highest BCUT2D eigenvalue weighted by atomic mass is 35.5. The molecule has 1 fully saturated rings. The van der Waals surface area contributed by atoms with Crippen LogP contribution in [-0.4, -0.2) is 31.4 Å². The smallest absolute Gasteiger partial charge is 0.218 e. The average molecular weight is 319 g/mol. The van der Waals surface area contributed by atoms with E-state index in [0.717, 1.165) is 24.8 Å². The van der Waals surface area contributed by atoms with Gasteiger partial charge in [0, 0.05) is 18.6 Å². The number of nitrogens with zero attached hydrogens (tertiary/aromatic N) is 1. The largest absolute Gasteiger partial charge is 0.326 e. The Morgan fingerprint density at radius 3 is 2.55 bits per heavy atom. The molecule has 0 saturated carbocycles. The first-order valence-electron chi connectivity index (χ1n) is 6.80. The SMILES string of the molecule is CC(N)C1CCCCN1S(=O)(=O)Cc1ccccc1.Cl. The summed E-state index contributed by atoms with van der Waals surface area (Å²) in [6.07, 6.45) is 2.85. The Hall–Kier alpha value is -0.620. The highest BCUT2D eigenvalue weighted by molar-refractivity contribution is 7.88. The average Bonchev–Trinajstić information content (AvgIpc) is 2.39. The minimum absolute atomic E-state index is 0. The summed E-state index contributed by atoms with van der Waals surface area (Å²) in [4.78, 5) is 0. The molecule has 0 spiro atoms. The van der Waals surface area contributed by atoms with E-state index in [4.69, 9.17) is 5.73 Å². The second-order valence-electron chi connectivity index (χ2n) is 5.27. The number of piperidine rings is 1. The van der Waals surface area contributed by atoms with Crippen molar-refractivity contribution in [2.24, 2.45) is 5.73 Å². The number of benzene rings is 1. The van der Waals surface area contributed by atoms with Crippen LogP contribution in [0.25, 0.3) is 0 Å². The van der Waals surface area contributed by atoms with Gasteiger partial charge in [-0.15, -0.1) is 12.4 Å². The van der Waals surface area contributed by atoms with Crippen molar-refractivity contribution in [3.63, 3.8) is 0 Å². The van der Waals surface area contributed by atoms with Crippen LogP contribution < -0.4 is 5.73 Å². The van der Waals surface area contributed by atoms with Crippen LogP contribution in [0.2, 0.25) is 0 Å². The molecule has 2 atom stereocenters. The van der Waals surface area contributed by atoms with E-state index in [0.29, 0.717) is 6.54 Å². The summed E-state index contributed by atoms with van der Waals surface area (Å²) >= 11 is 0. The molecular formula is C14H23ClN2O2S. The predicted molar refractivity (Wildman–Crippen MR) is 84.3 cm³/mol. The Labute approximate surface area is 127 Å². The maximum atomic E-state index is 12.5. The summed E-state index contributed by atoms with van der Waals surface area (Å²) in [6.45, 7) is 2.49. The minimum Gasteiger partial charge on any atom is -0.326 e. The molecule has 0 aliphatic carbocycles. The highest BCUT2D eigenvalue weighted by Crippen LogP contribution is 2.24. The molecule has 0 radical (unpaired) electrons. The molecule has 4 nitrogen and oxygen atoms in total. The van der Waals surface area contributed by atoms with Crippen LogP contribution in [0.1, 0.15) is 31.7 Å². The van der Waals surface area contributed by atoms with Crippen LogP contribution in [0.5, 0.6) is 0 Å². The zero-order chi connectivity index (χ0) is 13.9. The summed E-state index contributed by atoms with van der Waals surface area (Å²) in [7, 11) is -3.28. The maximum absolute atomic E-state index is 12.5. The Morgan fingerprint density at radius 1 is 1.30 bits per heavy atom. The summed E-state index contributed by atoms with van der Waals surface area (Å²) in [5.74, 6) is 0.0665. The number of halogens is 1. The molecule has 0 amide bonds. The van der Waals surface area contributed by atoms with Crippen LogP contribution in [0.3, 0.4) is 0 Å². The van der Waals surface area contributed by atoms with Gasteiger partial charge in [-0.1, -0.05) is 36.8 Å². The van der Waals surface area contributed by atoms with Crippen molar-refractivity contribution >= 4 is 22.4 Å². The van der Waals surface area contributed by atoms with Crippen molar-refractivity contribution < 1.29 is 8.42 Å². The Bertz CT molecular complexity index is 505. The lowest BCUT2D eigenvalue weighted by atomic mass is 10.00. The van der Waals surface area contributed by atoms with E-state index in [9.17, 15) is 8.42 Å². The molecule has 1 aliphatic heterocycles. The van der Waals surface area contributed by atoms with Gasteiger partial charge in [0.15, 0.2) is 0 Å². The summed E-state index contributed by atoms with van der Waals surface area (Å²) < 4.78 is 26.7. The second kappa shape index (κ2) is 7.41. The van der Waals surface area contributed by atoms with Gasteiger partial charge in [-0.2, -0.15) is 4.31 Å². The van der Waals surface area contributed by atoms with Crippen LogP contribution in [0, 0.1) is 0 Å². The van der Waals surface area contributed by atoms with Crippen LogP contribution in [-0.2, 0) is 15.8 Å². The zero-order valence-corrected chi connectivity index (χ0v) is 13.4. The molecule has 0 aromatic heterocycles.